The molecule has 0 atom stereocenters. The van der Waals surface area contributed by atoms with E-state index in [4.69, 9.17) is 0 Å². The molecule has 1 aliphatic rings. The number of nitrogens with zero attached hydrogens (tertiary/aromatic N) is 1. The van der Waals surface area contributed by atoms with Gasteiger partial charge in [0.2, 0.25) is 5.88 Å². The summed E-state index contributed by atoms with van der Waals surface area (Å²) < 4.78 is 65.6. The highest BCUT2D eigenvalue weighted by Crippen LogP contribution is 2.47. The van der Waals surface area contributed by atoms with Gasteiger partial charge in [0.1, 0.15) is 0 Å². The monoisotopic (exact) mass is 301 g/mol. The van der Waals surface area contributed by atoms with Crippen molar-refractivity contribution in [3.63, 3.8) is 0 Å². The molecule has 0 radical (unpaired) electrons. The molecular formula is C8H6F3NO4S2. The molecule has 1 heterocycles. The summed E-state index contributed by atoms with van der Waals surface area (Å²) in [5.41, 5.74) is -5.36. The average Bonchev–Trinajstić information content (AvgIpc) is 2.99. The smallest absolute Gasteiger partial charge is 0.354 e. The van der Waals surface area contributed by atoms with E-state index >= 15 is 0 Å². The van der Waals surface area contributed by atoms with E-state index < -0.39 is 21.5 Å². The Balaban J connectivity index is 2.36. The molecule has 1 aliphatic carbocycles. The van der Waals surface area contributed by atoms with Gasteiger partial charge in [0.15, 0.2) is 6.29 Å². The van der Waals surface area contributed by atoms with E-state index in [1.807, 2.05) is 0 Å². The van der Waals surface area contributed by atoms with Gasteiger partial charge < -0.3 is 4.18 Å². The Morgan fingerprint density at radius 3 is 2.44 bits per heavy atom. The van der Waals surface area contributed by atoms with E-state index in [-0.39, 0.29) is 16.4 Å². The zero-order valence-corrected chi connectivity index (χ0v) is 10.2. The summed E-state index contributed by atoms with van der Waals surface area (Å²) in [6.07, 6.45) is 1.77. The quantitative estimate of drug-likeness (QED) is 0.483. The van der Waals surface area contributed by atoms with Gasteiger partial charge in [-0.15, -0.1) is 0 Å². The van der Waals surface area contributed by atoms with Crippen LogP contribution in [0.15, 0.2) is 0 Å². The first-order chi connectivity index (χ1) is 8.26. The molecule has 1 aromatic heterocycles. The summed E-state index contributed by atoms with van der Waals surface area (Å²) in [4.78, 5) is 10.8. The highest BCUT2D eigenvalue weighted by molar-refractivity contribution is 7.88. The first kappa shape index (κ1) is 13.3. The number of hydrogen-bond donors (Lipinski definition) is 0. The average molecular weight is 301 g/mol. The standard InChI is InChI=1S/C8H6F3NO4S2/c9-8(10,11)18(14,15)16-7-6(4-1-2-4)5(3-13)17-12-7/h3-4H,1-2H2. The van der Waals surface area contributed by atoms with E-state index in [0.717, 1.165) is 0 Å². The summed E-state index contributed by atoms with van der Waals surface area (Å²) in [5.74, 6) is -0.788. The van der Waals surface area contributed by atoms with E-state index in [1.54, 1.807) is 0 Å². The molecule has 1 saturated carbocycles. The summed E-state index contributed by atoms with van der Waals surface area (Å²) in [6.45, 7) is 0. The first-order valence-corrected chi connectivity index (χ1v) is 6.90. The zero-order valence-electron chi connectivity index (χ0n) is 8.60. The van der Waals surface area contributed by atoms with Crippen molar-refractivity contribution in [2.45, 2.75) is 24.3 Å². The number of halogens is 3. The number of alkyl halides is 3. The minimum Gasteiger partial charge on any atom is -0.354 e. The topological polar surface area (TPSA) is 73.3 Å². The molecule has 10 heteroatoms. The third-order valence-corrected chi connectivity index (χ3v) is 4.00. The second kappa shape index (κ2) is 4.19. The molecule has 100 valence electrons. The van der Waals surface area contributed by atoms with Crippen LogP contribution in [0.1, 0.15) is 34.0 Å². The van der Waals surface area contributed by atoms with Crippen molar-refractivity contribution < 1.29 is 30.6 Å². The van der Waals surface area contributed by atoms with Crippen LogP contribution in [0, 0.1) is 0 Å². The number of carbonyl (C=O) groups is 1. The van der Waals surface area contributed by atoms with Gasteiger partial charge in [-0.25, -0.2) is 0 Å². The molecule has 0 bridgehead atoms. The summed E-state index contributed by atoms with van der Waals surface area (Å²) in [5, 5.41) is 0. The van der Waals surface area contributed by atoms with Gasteiger partial charge in [-0.3, -0.25) is 4.79 Å². The number of rotatable bonds is 4. The maximum atomic E-state index is 12.1. The van der Waals surface area contributed by atoms with Crippen LogP contribution >= 0.6 is 11.5 Å². The van der Waals surface area contributed by atoms with Gasteiger partial charge in [-0.1, -0.05) is 0 Å². The van der Waals surface area contributed by atoms with Crippen LogP contribution < -0.4 is 4.18 Å². The molecular weight excluding hydrogens is 295 g/mol. The van der Waals surface area contributed by atoms with E-state index in [0.29, 0.717) is 30.7 Å². The Morgan fingerprint density at radius 2 is 2.00 bits per heavy atom. The number of hydrogen-bond acceptors (Lipinski definition) is 6. The van der Waals surface area contributed by atoms with Gasteiger partial charge >= 0.3 is 15.6 Å². The Kier molecular flexibility index (Phi) is 3.09. The molecule has 2 rings (SSSR count). The van der Waals surface area contributed by atoms with Gasteiger partial charge in [-0.2, -0.15) is 26.0 Å². The zero-order chi connectivity index (χ0) is 13.6. The van der Waals surface area contributed by atoms with Crippen molar-refractivity contribution in [2.75, 3.05) is 0 Å². The molecule has 18 heavy (non-hydrogen) atoms. The van der Waals surface area contributed by atoms with Crippen molar-refractivity contribution in [1.82, 2.24) is 4.37 Å². The summed E-state index contributed by atoms with van der Waals surface area (Å²) in [7, 11) is -5.75. The Bertz CT molecular complexity index is 574. The van der Waals surface area contributed by atoms with Crippen LogP contribution in [0.4, 0.5) is 13.2 Å². The molecule has 0 unspecified atom stereocenters. The van der Waals surface area contributed by atoms with Crippen molar-refractivity contribution in [2.24, 2.45) is 0 Å². The lowest BCUT2D eigenvalue weighted by atomic mass is 10.2. The van der Waals surface area contributed by atoms with Gasteiger partial charge in [0.25, 0.3) is 0 Å². The molecule has 0 amide bonds. The molecule has 0 N–H and O–H groups in total. The van der Waals surface area contributed by atoms with Crippen LogP contribution in [0.5, 0.6) is 5.88 Å². The van der Waals surface area contributed by atoms with E-state index in [1.165, 1.54) is 0 Å². The van der Waals surface area contributed by atoms with Crippen molar-refractivity contribution in [1.29, 1.82) is 0 Å². The predicted molar refractivity (Wildman–Crippen MR) is 55.1 cm³/mol. The normalized spacial score (nSPS) is 16.6. The molecule has 0 spiro atoms. The predicted octanol–water partition coefficient (Wildman–Crippen LogP) is 2.06. The third kappa shape index (κ3) is 2.34. The lowest BCUT2D eigenvalue weighted by Crippen LogP contribution is -2.28. The molecule has 5 nitrogen and oxygen atoms in total. The second-order valence-corrected chi connectivity index (χ2v) is 5.98. The first-order valence-electron chi connectivity index (χ1n) is 4.72. The van der Waals surface area contributed by atoms with Crippen LogP contribution in [0.2, 0.25) is 0 Å². The highest BCUT2D eigenvalue weighted by atomic mass is 32.2. The Labute approximate surface area is 104 Å². The molecule has 1 aromatic rings. The number of aldehydes is 1. The van der Waals surface area contributed by atoms with Crippen LogP contribution in [-0.2, 0) is 10.1 Å². The molecule has 0 aromatic carbocycles. The lowest BCUT2D eigenvalue weighted by molar-refractivity contribution is -0.0501. The van der Waals surface area contributed by atoms with Crippen molar-refractivity contribution in [3.8, 4) is 5.88 Å². The molecule has 0 aliphatic heterocycles. The minimum atomic E-state index is -5.75. The SMILES string of the molecule is O=Cc1snc(OS(=O)(=O)C(F)(F)F)c1C1CC1. The van der Waals surface area contributed by atoms with Crippen LogP contribution in [0.25, 0.3) is 0 Å². The fraction of sp³-hybridized carbons (Fsp3) is 0.500. The van der Waals surface area contributed by atoms with Crippen LogP contribution in [0.3, 0.4) is 0 Å². The van der Waals surface area contributed by atoms with Gasteiger partial charge in [0, 0.05) is 5.56 Å². The maximum absolute atomic E-state index is 12.1. The molecule has 0 saturated heterocycles. The Hall–Kier alpha value is -1.16. The number of carbonyl (C=O) groups excluding carboxylic acids is 1. The Morgan fingerprint density at radius 1 is 1.39 bits per heavy atom. The van der Waals surface area contributed by atoms with Crippen LogP contribution in [-0.4, -0.2) is 24.6 Å². The van der Waals surface area contributed by atoms with Gasteiger partial charge in [0.05, 0.1) is 4.88 Å². The molecule has 1 fully saturated rings. The largest absolute Gasteiger partial charge is 0.534 e. The van der Waals surface area contributed by atoms with E-state index in [9.17, 15) is 26.4 Å². The number of aromatic nitrogens is 1. The van der Waals surface area contributed by atoms with Crippen molar-refractivity contribution >= 4 is 27.9 Å². The third-order valence-electron chi connectivity index (χ3n) is 2.29. The lowest BCUT2D eigenvalue weighted by Gasteiger charge is -2.08. The highest BCUT2D eigenvalue weighted by Gasteiger charge is 2.49. The van der Waals surface area contributed by atoms with Gasteiger partial charge in [-0.05, 0) is 30.3 Å². The van der Waals surface area contributed by atoms with Crippen molar-refractivity contribution in [3.05, 3.63) is 10.4 Å². The minimum absolute atomic E-state index is 0.102. The van der Waals surface area contributed by atoms with E-state index in [2.05, 4.69) is 8.56 Å². The summed E-state index contributed by atoms with van der Waals surface area (Å²) >= 11 is 0.621. The summed E-state index contributed by atoms with van der Waals surface area (Å²) in [6, 6.07) is 0. The fourth-order valence-electron chi connectivity index (χ4n) is 1.34. The second-order valence-electron chi connectivity index (χ2n) is 3.64. The fourth-order valence-corrected chi connectivity index (χ4v) is 2.53. The maximum Gasteiger partial charge on any atom is 0.534 e.